The molecular weight excluding hydrogens is 411 g/mol. The van der Waals surface area contributed by atoms with Crippen LogP contribution in [0.5, 0.6) is 5.75 Å². The molecule has 122 valence electrons. The summed E-state index contributed by atoms with van der Waals surface area (Å²) in [6.45, 7) is 0.246. The van der Waals surface area contributed by atoms with Gasteiger partial charge < -0.3 is 15.8 Å². The van der Waals surface area contributed by atoms with Crippen LogP contribution in [0.1, 0.15) is 5.56 Å². The third kappa shape index (κ3) is 5.40. The van der Waals surface area contributed by atoms with Crippen molar-refractivity contribution >= 4 is 41.3 Å². The van der Waals surface area contributed by atoms with Gasteiger partial charge >= 0.3 is 0 Å². The molecule has 0 aliphatic heterocycles. The molecule has 2 rings (SSSR count). The van der Waals surface area contributed by atoms with Gasteiger partial charge in [0.2, 0.25) is 0 Å². The number of nitrogens with one attached hydrogen (secondary N) is 1. The number of methoxy groups -OCH3 is 1. The minimum atomic E-state index is -0.441. The Morgan fingerprint density at radius 3 is 2.74 bits per heavy atom. The molecule has 2 aromatic rings. The number of hydrogen-bond donors (Lipinski definition) is 2. The number of benzene rings is 2. The summed E-state index contributed by atoms with van der Waals surface area (Å²) in [6.07, 6.45) is 0. The Bertz CT molecular complexity index is 707. The highest BCUT2D eigenvalue weighted by atomic mass is 127. The normalized spacial score (nSPS) is 10.6. The lowest BCUT2D eigenvalue weighted by Gasteiger charge is -2.10. The minimum absolute atomic E-state index is 0. The van der Waals surface area contributed by atoms with E-state index in [1.165, 1.54) is 12.1 Å². The molecule has 0 spiro atoms. The first-order valence-corrected chi connectivity index (χ1v) is 6.53. The summed E-state index contributed by atoms with van der Waals surface area (Å²) in [5, 5.41) is 13.7. The zero-order valence-corrected chi connectivity index (χ0v) is 14.8. The Balaban J connectivity index is 0.00000264. The van der Waals surface area contributed by atoms with Crippen LogP contribution in [0, 0.1) is 10.1 Å². The number of non-ortho nitro benzene ring substituents is 1. The number of guanidine groups is 1. The van der Waals surface area contributed by atoms with Crippen LogP contribution in [0.25, 0.3) is 0 Å². The Morgan fingerprint density at radius 2 is 2.04 bits per heavy atom. The molecule has 7 nitrogen and oxygen atoms in total. The van der Waals surface area contributed by atoms with Crippen molar-refractivity contribution in [1.82, 2.24) is 0 Å². The Kier molecular flexibility index (Phi) is 7.26. The summed E-state index contributed by atoms with van der Waals surface area (Å²) in [6, 6.07) is 13.6. The average molecular weight is 428 g/mol. The number of halogens is 1. The van der Waals surface area contributed by atoms with E-state index >= 15 is 0 Å². The van der Waals surface area contributed by atoms with E-state index < -0.39 is 4.92 Å². The van der Waals surface area contributed by atoms with Gasteiger partial charge in [-0.25, -0.2) is 4.99 Å². The van der Waals surface area contributed by atoms with E-state index in [0.717, 1.165) is 0 Å². The van der Waals surface area contributed by atoms with Gasteiger partial charge in [0.15, 0.2) is 5.96 Å². The smallest absolute Gasteiger partial charge is 0.269 e. The van der Waals surface area contributed by atoms with Crippen molar-refractivity contribution in [2.45, 2.75) is 6.54 Å². The maximum atomic E-state index is 10.7. The molecule has 0 radical (unpaired) electrons. The third-order valence-corrected chi connectivity index (χ3v) is 2.92. The average Bonchev–Trinajstić information content (AvgIpc) is 2.53. The van der Waals surface area contributed by atoms with Crippen molar-refractivity contribution in [1.29, 1.82) is 0 Å². The van der Waals surface area contributed by atoms with Gasteiger partial charge in [-0.1, -0.05) is 24.3 Å². The van der Waals surface area contributed by atoms with Crippen molar-refractivity contribution in [2.75, 3.05) is 12.4 Å². The third-order valence-electron chi connectivity index (χ3n) is 2.92. The highest BCUT2D eigenvalue weighted by Gasteiger charge is 2.06. The van der Waals surface area contributed by atoms with E-state index in [2.05, 4.69) is 10.3 Å². The molecule has 0 aliphatic rings. The van der Waals surface area contributed by atoms with Crippen molar-refractivity contribution in [3.63, 3.8) is 0 Å². The standard InChI is InChI=1S/C15H16N4O3.HI/c1-22-14-8-3-2-7-13(14)18-15(16)17-10-11-5-4-6-12(9-11)19(20)21;/h2-9H,10H2,1H3,(H3,16,17,18);1H. The highest BCUT2D eigenvalue weighted by Crippen LogP contribution is 2.22. The van der Waals surface area contributed by atoms with Crippen molar-refractivity contribution < 1.29 is 9.66 Å². The van der Waals surface area contributed by atoms with Crippen LogP contribution in [0.4, 0.5) is 11.4 Å². The van der Waals surface area contributed by atoms with Gasteiger partial charge in [-0.05, 0) is 17.7 Å². The topological polar surface area (TPSA) is 103 Å². The van der Waals surface area contributed by atoms with E-state index in [0.29, 0.717) is 17.0 Å². The second-order valence-electron chi connectivity index (χ2n) is 4.45. The second kappa shape index (κ2) is 8.93. The summed E-state index contributed by atoms with van der Waals surface area (Å²) >= 11 is 0. The van der Waals surface area contributed by atoms with Crippen LogP contribution in [0.15, 0.2) is 53.5 Å². The molecule has 0 aliphatic carbocycles. The maximum absolute atomic E-state index is 10.7. The van der Waals surface area contributed by atoms with Gasteiger partial charge in [0, 0.05) is 12.1 Å². The monoisotopic (exact) mass is 428 g/mol. The molecule has 0 unspecified atom stereocenters. The number of hydrogen-bond acceptors (Lipinski definition) is 4. The number of ether oxygens (including phenoxy) is 1. The van der Waals surface area contributed by atoms with Gasteiger partial charge in [-0.3, -0.25) is 10.1 Å². The summed E-state index contributed by atoms with van der Waals surface area (Å²) in [7, 11) is 1.57. The number of anilines is 1. The largest absolute Gasteiger partial charge is 0.495 e. The van der Waals surface area contributed by atoms with Crippen molar-refractivity contribution in [2.24, 2.45) is 10.7 Å². The zero-order chi connectivity index (χ0) is 15.9. The van der Waals surface area contributed by atoms with Crippen LogP contribution >= 0.6 is 24.0 Å². The van der Waals surface area contributed by atoms with Gasteiger partial charge in [0.05, 0.1) is 24.3 Å². The molecule has 23 heavy (non-hydrogen) atoms. The fourth-order valence-electron chi connectivity index (χ4n) is 1.87. The minimum Gasteiger partial charge on any atom is -0.495 e. The van der Waals surface area contributed by atoms with E-state index in [4.69, 9.17) is 10.5 Å². The van der Waals surface area contributed by atoms with Gasteiger partial charge in [-0.15, -0.1) is 24.0 Å². The lowest BCUT2D eigenvalue weighted by atomic mass is 10.2. The molecular formula is C15H17IN4O3. The number of rotatable bonds is 5. The first-order valence-electron chi connectivity index (χ1n) is 6.53. The lowest BCUT2D eigenvalue weighted by Crippen LogP contribution is -2.22. The molecule has 3 N–H and O–H groups in total. The number of nitrogens with zero attached hydrogens (tertiary/aromatic N) is 2. The number of nitrogens with two attached hydrogens (primary N) is 1. The number of para-hydroxylation sites is 2. The summed E-state index contributed by atoms with van der Waals surface area (Å²) < 4.78 is 5.20. The number of nitro groups is 1. The van der Waals surface area contributed by atoms with Gasteiger partial charge in [0.25, 0.3) is 5.69 Å². The quantitative estimate of drug-likeness (QED) is 0.251. The molecule has 2 aromatic carbocycles. The molecule has 0 saturated heterocycles. The lowest BCUT2D eigenvalue weighted by molar-refractivity contribution is -0.384. The van der Waals surface area contributed by atoms with Gasteiger partial charge in [0.1, 0.15) is 5.75 Å². The van der Waals surface area contributed by atoms with Crippen LogP contribution in [0.2, 0.25) is 0 Å². The van der Waals surface area contributed by atoms with Crippen molar-refractivity contribution in [3.05, 3.63) is 64.2 Å². The summed E-state index contributed by atoms with van der Waals surface area (Å²) in [5.74, 6) is 0.854. The molecule has 0 heterocycles. The summed E-state index contributed by atoms with van der Waals surface area (Å²) in [5.41, 5.74) is 7.26. The van der Waals surface area contributed by atoms with Gasteiger partial charge in [-0.2, -0.15) is 0 Å². The van der Waals surface area contributed by atoms with Crippen LogP contribution in [-0.4, -0.2) is 18.0 Å². The first kappa shape index (κ1) is 18.7. The predicted molar refractivity (Wildman–Crippen MR) is 100 cm³/mol. The highest BCUT2D eigenvalue weighted by molar-refractivity contribution is 14.0. The Morgan fingerprint density at radius 1 is 1.30 bits per heavy atom. The van der Waals surface area contributed by atoms with Crippen LogP contribution in [-0.2, 0) is 6.54 Å². The zero-order valence-electron chi connectivity index (χ0n) is 12.4. The predicted octanol–water partition coefficient (Wildman–Crippen LogP) is 3.15. The van der Waals surface area contributed by atoms with E-state index in [9.17, 15) is 10.1 Å². The number of nitro benzene ring substituents is 1. The fraction of sp³-hybridized carbons (Fsp3) is 0.133. The van der Waals surface area contributed by atoms with E-state index in [1.54, 1.807) is 25.3 Å². The van der Waals surface area contributed by atoms with Crippen LogP contribution in [0.3, 0.4) is 0 Å². The number of aliphatic imine (C=N–C) groups is 1. The Labute approximate surface area is 150 Å². The summed E-state index contributed by atoms with van der Waals surface area (Å²) in [4.78, 5) is 14.5. The maximum Gasteiger partial charge on any atom is 0.269 e. The first-order chi connectivity index (χ1) is 10.6. The second-order valence-corrected chi connectivity index (χ2v) is 4.45. The molecule has 0 saturated carbocycles. The molecule has 0 atom stereocenters. The van der Waals surface area contributed by atoms with E-state index in [-0.39, 0.29) is 42.2 Å². The molecule has 0 bridgehead atoms. The van der Waals surface area contributed by atoms with E-state index in [1.807, 2.05) is 18.2 Å². The molecule has 0 aromatic heterocycles. The Hall–Kier alpha value is -2.36. The van der Waals surface area contributed by atoms with Crippen LogP contribution < -0.4 is 15.8 Å². The SMILES string of the molecule is COc1ccccc1NC(N)=NCc1cccc([N+](=O)[O-])c1.I. The molecule has 0 amide bonds. The fourth-order valence-corrected chi connectivity index (χ4v) is 1.87. The molecule has 0 fully saturated rings. The molecule has 8 heteroatoms. The van der Waals surface area contributed by atoms with Crippen molar-refractivity contribution in [3.8, 4) is 5.75 Å².